The maximum Gasteiger partial charge on any atom is 0.137 e. The number of rotatable bonds is 7. The van der Waals surface area contributed by atoms with Crippen LogP contribution in [0.15, 0.2) is 188 Å². The number of ether oxygens (including phenoxy) is 1. The lowest BCUT2D eigenvalue weighted by Crippen LogP contribution is -2.41. The van der Waals surface area contributed by atoms with Crippen LogP contribution in [-0.2, 0) is 5.41 Å². The average Bonchev–Trinajstić information content (AvgIpc) is 3.97. The molecule has 10 aromatic rings. The number of pyridine rings is 1. The van der Waals surface area contributed by atoms with Crippen molar-refractivity contribution < 1.29 is 4.74 Å². The summed E-state index contributed by atoms with van der Waals surface area (Å²) in [4.78, 5) is 10.00. The van der Waals surface area contributed by atoms with Gasteiger partial charge in [-0.15, -0.1) is 0 Å². The van der Waals surface area contributed by atoms with Gasteiger partial charge in [-0.1, -0.05) is 124 Å². The molecule has 1 aliphatic heterocycles. The lowest BCUT2D eigenvalue weighted by Gasteiger charge is -2.36. The zero-order chi connectivity index (χ0) is 43.7. The number of para-hydroxylation sites is 2. The van der Waals surface area contributed by atoms with E-state index in [1.165, 1.54) is 49.8 Å². The van der Waals surface area contributed by atoms with Crippen molar-refractivity contribution in [2.45, 2.75) is 52.5 Å². The van der Waals surface area contributed by atoms with Gasteiger partial charge in [-0.25, -0.2) is 4.98 Å². The molecule has 1 aliphatic rings. The minimum Gasteiger partial charge on any atom is -0.457 e. The van der Waals surface area contributed by atoms with Crippen molar-refractivity contribution in [2.24, 2.45) is 0 Å². The van der Waals surface area contributed by atoms with Gasteiger partial charge in [0, 0.05) is 67.9 Å². The Bertz CT molecular complexity index is 3400. The third-order valence-corrected chi connectivity index (χ3v) is 12.7. The highest BCUT2D eigenvalue weighted by Gasteiger charge is 2.37. The molecule has 6 nitrogen and oxygen atoms in total. The molecule has 0 aliphatic carbocycles. The quantitative estimate of drug-likeness (QED) is 0.160. The molecule has 64 heavy (non-hydrogen) atoms. The number of nitrogens with zero attached hydrogens (tertiary/aromatic N) is 5. The lowest BCUT2D eigenvalue weighted by atomic mass is 9.88. The molecular formula is C58H51N5O. The first-order chi connectivity index (χ1) is 31.0. The summed E-state index contributed by atoms with van der Waals surface area (Å²) in [6.45, 7) is 14.3. The first-order valence-electron chi connectivity index (χ1n) is 22.2. The van der Waals surface area contributed by atoms with E-state index >= 15 is 0 Å². The van der Waals surface area contributed by atoms with E-state index in [1.54, 1.807) is 0 Å². The zero-order valence-electron chi connectivity index (χ0n) is 37.2. The maximum absolute atomic E-state index is 6.90. The Morgan fingerprint density at radius 3 is 1.75 bits per heavy atom. The Balaban J connectivity index is 1.07. The highest BCUT2D eigenvalue weighted by molar-refractivity contribution is 6.19. The molecule has 11 rings (SSSR count). The molecular weight excluding hydrogens is 783 g/mol. The smallest absolute Gasteiger partial charge is 0.137 e. The Kier molecular flexibility index (Phi) is 9.24. The van der Waals surface area contributed by atoms with Crippen molar-refractivity contribution in [3.8, 4) is 23.0 Å². The van der Waals surface area contributed by atoms with Crippen molar-refractivity contribution >= 4 is 60.7 Å². The molecule has 0 N–H and O–H groups in total. The third kappa shape index (κ3) is 6.69. The largest absolute Gasteiger partial charge is 0.457 e. The van der Waals surface area contributed by atoms with Crippen molar-refractivity contribution in [1.82, 2.24) is 19.0 Å². The van der Waals surface area contributed by atoms with Gasteiger partial charge in [0.05, 0.1) is 40.1 Å². The van der Waals surface area contributed by atoms with Crippen LogP contribution in [0.25, 0.3) is 66.5 Å². The molecule has 0 unspecified atom stereocenters. The zero-order valence-corrected chi connectivity index (χ0v) is 37.2. The molecule has 0 bridgehead atoms. The molecule has 0 saturated heterocycles. The van der Waals surface area contributed by atoms with Crippen LogP contribution in [0.2, 0.25) is 0 Å². The maximum atomic E-state index is 6.90. The third-order valence-electron chi connectivity index (χ3n) is 12.7. The molecule has 0 spiro atoms. The summed E-state index contributed by atoms with van der Waals surface area (Å²) in [6, 6.07) is 65.0. The van der Waals surface area contributed by atoms with E-state index < -0.39 is 0 Å². The molecule has 0 radical (unpaired) electrons. The highest BCUT2D eigenvalue weighted by Crippen LogP contribution is 2.45. The summed E-state index contributed by atoms with van der Waals surface area (Å²) < 4.78 is 11.6. The van der Waals surface area contributed by atoms with Crippen molar-refractivity contribution in [3.05, 3.63) is 205 Å². The predicted octanol–water partition coefficient (Wildman–Crippen LogP) is 14.8. The van der Waals surface area contributed by atoms with E-state index in [-0.39, 0.29) is 11.0 Å². The van der Waals surface area contributed by atoms with Gasteiger partial charge < -0.3 is 19.1 Å². The number of anilines is 1. The summed E-state index contributed by atoms with van der Waals surface area (Å²) in [5, 5.41) is 4.75. The normalized spacial score (nSPS) is 13.6. The molecule has 0 amide bonds. The Hall–Kier alpha value is -7.57. The summed E-state index contributed by atoms with van der Waals surface area (Å²) in [6.07, 6.45) is 1.94. The number of benzene rings is 7. The number of hydrogen-bond donors (Lipinski definition) is 0. The van der Waals surface area contributed by atoms with Crippen molar-refractivity contribution in [1.29, 1.82) is 0 Å². The van der Waals surface area contributed by atoms with Crippen LogP contribution in [0.4, 0.5) is 5.69 Å². The lowest BCUT2D eigenvalue weighted by molar-refractivity contribution is 0.237. The standard InChI is InChI=1S/C58H51N5O/c1-57(2,3)41-31-32-59-54(33-41)63-51-35-45(29-30-47(51)49-36-48-46-27-16-17-28-50(46)62(52(48)37-53(49)63)42-23-14-9-15-24-42)64-44-26-18-25-43(34-44)60-38-61(58(4,5)6)56(40-21-12-8-13-22-40)55(60)39-19-10-7-11-20-39/h7-37H,38H2,1-6H3. The second-order valence-corrected chi connectivity index (χ2v) is 18.9. The Morgan fingerprint density at radius 2 is 1.05 bits per heavy atom. The van der Waals surface area contributed by atoms with Gasteiger partial charge >= 0.3 is 0 Å². The van der Waals surface area contributed by atoms with Gasteiger partial charge in [-0.05, 0) is 98.5 Å². The number of hydrogen-bond acceptors (Lipinski definition) is 4. The molecule has 6 heteroatoms. The van der Waals surface area contributed by atoms with E-state index in [2.05, 4.69) is 242 Å². The second-order valence-electron chi connectivity index (χ2n) is 18.9. The topological polar surface area (TPSA) is 38.5 Å². The molecule has 0 saturated carbocycles. The molecule has 7 aromatic carbocycles. The molecule has 4 heterocycles. The minimum absolute atomic E-state index is 0.0561. The Morgan fingerprint density at radius 1 is 0.453 bits per heavy atom. The van der Waals surface area contributed by atoms with E-state index in [9.17, 15) is 0 Å². The summed E-state index contributed by atoms with van der Waals surface area (Å²) in [5.74, 6) is 2.40. The SMILES string of the molecule is CC(C)(C)c1ccnc(-n2c3cc(Oc4cccc(N5CN(C(C)(C)C)C(c6ccccc6)=C5c5ccccc5)c4)ccc3c3cc4c5ccccc5n(-c5ccccc5)c4cc32)c1. The predicted molar refractivity (Wildman–Crippen MR) is 267 cm³/mol. The molecule has 0 fully saturated rings. The van der Waals surface area contributed by atoms with Gasteiger partial charge in [0.1, 0.15) is 17.3 Å². The molecule has 0 atom stereocenters. The number of fused-ring (bicyclic) bond motifs is 6. The Labute approximate surface area is 374 Å². The molecule has 3 aromatic heterocycles. The van der Waals surface area contributed by atoms with Crippen LogP contribution in [-0.4, -0.2) is 31.2 Å². The first-order valence-corrected chi connectivity index (χ1v) is 22.2. The fraction of sp³-hybridized carbons (Fsp3) is 0.155. The summed E-state index contributed by atoms with van der Waals surface area (Å²) in [7, 11) is 0. The van der Waals surface area contributed by atoms with Gasteiger partial charge in [0.25, 0.3) is 0 Å². The van der Waals surface area contributed by atoms with Gasteiger partial charge in [-0.3, -0.25) is 4.57 Å². The van der Waals surface area contributed by atoms with Crippen LogP contribution >= 0.6 is 0 Å². The fourth-order valence-corrected chi connectivity index (χ4v) is 9.56. The van der Waals surface area contributed by atoms with E-state index in [0.717, 1.165) is 50.6 Å². The summed E-state index contributed by atoms with van der Waals surface area (Å²) >= 11 is 0. The van der Waals surface area contributed by atoms with Gasteiger partial charge in [0.15, 0.2) is 0 Å². The van der Waals surface area contributed by atoms with Crippen LogP contribution < -0.4 is 9.64 Å². The molecule has 314 valence electrons. The van der Waals surface area contributed by atoms with E-state index in [0.29, 0.717) is 6.67 Å². The first kappa shape index (κ1) is 39.3. The fourth-order valence-electron chi connectivity index (χ4n) is 9.56. The average molecular weight is 834 g/mol. The van der Waals surface area contributed by atoms with E-state index in [4.69, 9.17) is 9.72 Å². The van der Waals surface area contributed by atoms with Crippen molar-refractivity contribution in [3.63, 3.8) is 0 Å². The highest BCUT2D eigenvalue weighted by atomic mass is 16.5. The van der Waals surface area contributed by atoms with Crippen LogP contribution in [0, 0.1) is 0 Å². The van der Waals surface area contributed by atoms with Gasteiger partial charge in [-0.2, -0.15) is 0 Å². The van der Waals surface area contributed by atoms with Crippen molar-refractivity contribution in [2.75, 3.05) is 11.6 Å². The number of aromatic nitrogens is 3. The van der Waals surface area contributed by atoms with Crippen LogP contribution in [0.5, 0.6) is 11.5 Å². The summed E-state index contributed by atoms with van der Waals surface area (Å²) in [5.41, 5.74) is 12.4. The van der Waals surface area contributed by atoms with Gasteiger partial charge in [0.2, 0.25) is 0 Å². The van der Waals surface area contributed by atoms with E-state index in [1.807, 2.05) is 6.20 Å². The van der Waals surface area contributed by atoms with Crippen LogP contribution in [0.1, 0.15) is 58.2 Å². The monoisotopic (exact) mass is 833 g/mol. The minimum atomic E-state index is -0.132. The second kappa shape index (κ2) is 15.1. The van der Waals surface area contributed by atoms with Crippen LogP contribution in [0.3, 0.4) is 0 Å².